The molecule has 0 saturated carbocycles. The van der Waals surface area contributed by atoms with E-state index in [1.165, 1.54) is 0 Å². The van der Waals surface area contributed by atoms with Gasteiger partial charge < -0.3 is 10.1 Å². The summed E-state index contributed by atoms with van der Waals surface area (Å²) >= 11 is 3.37. The maximum Gasteiger partial charge on any atom is 0.408 e. The van der Waals surface area contributed by atoms with Crippen LogP contribution in [0.25, 0.3) is 0 Å². The zero-order chi connectivity index (χ0) is 12.9. The number of nitrogens with one attached hydrogen (secondary N) is 1. The molecule has 1 amide bonds. The Morgan fingerprint density at radius 3 is 2.59 bits per heavy atom. The molecular weight excluding hydrogens is 282 g/mol. The standard InChI is InChI=1S/C13H16BrNO2/c1-4-13(3,15-12(16)17-5-2)10-6-8-11(14)9-7-10/h4,6-9H,1,5H2,2-3H3,(H,15,16). The van der Waals surface area contributed by atoms with E-state index >= 15 is 0 Å². The predicted molar refractivity (Wildman–Crippen MR) is 71.8 cm³/mol. The van der Waals surface area contributed by atoms with Crippen LogP contribution in [0.1, 0.15) is 19.4 Å². The summed E-state index contributed by atoms with van der Waals surface area (Å²) in [5.41, 5.74) is 0.316. The first-order chi connectivity index (χ1) is 8.01. The van der Waals surface area contributed by atoms with Gasteiger partial charge in [-0.1, -0.05) is 34.1 Å². The zero-order valence-corrected chi connectivity index (χ0v) is 11.6. The predicted octanol–water partition coefficient (Wildman–Crippen LogP) is 3.60. The van der Waals surface area contributed by atoms with Gasteiger partial charge in [0.15, 0.2) is 0 Å². The zero-order valence-electron chi connectivity index (χ0n) is 10.00. The Morgan fingerprint density at radius 2 is 2.12 bits per heavy atom. The molecule has 0 aromatic heterocycles. The second-order valence-corrected chi connectivity index (χ2v) is 4.67. The Kier molecular flexibility index (Phi) is 4.75. The van der Waals surface area contributed by atoms with Crippen molar-refractivity contribution < 1.29 is 9.53 Å². The van der Waals surface area contributed by atoms with Crippen molar-refractivity contribution >= 4 is 22.0 Å². The van der Waals surface area contributed by atoms with Gasteiger partial charge >= 0.3 is 6.09 Å². The molecule has 1 aromatic carbocycles. The number of ether oxygens (including phenoxy) is 1. The van der Waals surface area contributed by atoms with E-state index in [2.05, 4.69) is 27.8 Å². The number of benzene rings is 1. The number of alkyl carbamates (subject to hydrolysis) is 1. The number of carbonyl (C=O) groups excluding carboxylic acids is 1. The summed E-state index contributed by atoms with van der Waals surface area (Å²) in [6.45, 7) is 7.75. The van der Waals surface area contributed by atoms with Crippen molar-refractivity contribution in [3.8, 4) is 0 Å². The van der Waals surface area contributed by atoms with Gasteiger partial charge in [0.2, 0.25) is 0 Å². The Bertz CT molecular complexity index is 402. The van der Waals surface area contributed by atoms with Crippen LogP contribution < -0.4 is 5.32 Å². The first-order valence-corrected chi connectivity index (χ1v) is 6.15. The molecule has 0 aliphatic heterocycles. The molecule has 0 heterocycles. The lowest BCUT2D eigenvalue weighted by atomic mass is 9.92. The third-order valence-electron chi connectivity index (χ3n) is 2.49. The molecular formula is C13H16BrNO2. The molecule has 92 valence electrons. The van der Waals surface area contributed by atoms with Crippen molar-refractivity contribution in [2.45, 2.75) is 19.4 Å². The quantitative estimate of drug-likeness (QED) is 0.863. The van der Waals surface area contributed by atoms with Crippen LogP contribution in [-0.4, -0.2) is 12.7 Å². The Morgan fingerprint density at radius 1 is 1.53 bits per heavy atom. The lowest BCUT2D eigenvalue weighted by molar-refractivity contribution is 0.144. The highest BCUT2D eigenvalue weighted by atomic mass is 79.9. The van der Waals surface area contributed by atoms with Gasteiger partial charge in [0.05, 0.1) is 12.1 Å². The van der Waals surface area contributed by atoms with Crippen LogP contribution in [0.2, 0.25) is 0 Å². The van der Waals surface area contributed by atoms with Crippen molar-refractivity contribution in [2.24, 2.45) is 0 Å². The number of halogens is 1. The summed E-state index contributed by atoms with van der Waals surface area (Å²) in [5, 5.41) is 2.79. The molecule has 0 spiro atoms. The van der Waals surface area contributed by atoms with Gasteiger partial charge in [-0.2, -0.15) is 0 Å². The van der Waals surface area contributed by atoms with Gasteiger partial charge in [0.25, 0.3) is 0 Å². The fraction of sp³-hybridized carbons (Fsp3) is 0.308. The lowest BCUT2D eigenvalue weighted by Crippen LogP contribution is -2.42. The average Bonchev–Trinajstić information content (AvgIpc) is 2.30. The molecule has 0 bridgehead atoms. The third-order valence-corrected chi connectivity index (χ3v) is 3.02. The first-order valence-electron chi connectivity index (χ1n) is 5.36. The highest BCUT2D eigenvalue weighted by Crippen LogP contribution is 2.23. The van der Waals surface area contributed by atoms with E-state index in [-0.39, 0.29) is 0 Å². The van der Waals surface area contributed by atoms with Crippen LogP contribution in [0.4, 0.5) is 4.79 Å². The monoisotopic (exact) mass is 297 g/mol. The van der Waals surface area contributed by atoms with Crippen LogP contribution in [0.15, 0.2) is 41.4 Å². The molecule has 0 aliphatic carbocycles. The number of hydrogen-bond acceptors (Lipinski definition) is 2. The van der Waals surface area contributed by atoms with Crippen molar-refractivity contribution in [2.75, 3.05) is 6.61 Å². The molecule has 0 radical (unpaired) electrons. The average molecular weight is 298 g/mol. The summed E-state index contributed by atoms with van der Waals surface area (Å²) in [7, 11) is 0. The van der Waals surface area contributed by atoms with Crippen LogP contribution in [-0.2, 0) is 10.3 Å². The van der Waals surface area contributed by atoms with Gasteiger partial charge in [0.1, 0.15) is 0 Å². The Hall–Kier alpha value is -1.29. The van der Waals surface area contributed by atoms with Crippen LogP contribution in [0.3, 0.4) is 0 Å². The van der Waals surface area contributed by atoms with Gasteiger partial charge in [-0.25, -0.2) is 4.79 Å². The van der Waals surface area contributed by atoms with Crippen molar-refractivity contribution in [3.63, 3.8) is 0 Å². The normalized spacial score (nSPS) is 13.6. The molecule has 0 aliphatic rings. The van der Waals surface area contributed by atoms with Gasteiger partial charge in [0, 0.05) is 4.47 Å². The molecule has 1 aromatic rings. The SMILES string of the molecule is C=CC(C)(NC(=O)OCC)c1ccc(Br)cc1. The summed E-state index contributed by atoms with van der Waals surface area (Å²) < 4.78 is 5.87. The second kappa shape index (κ2) is 5.87. The summed E-state index contributed by atoms with van der Waals surface area (Å²) in [6.07, 6.45) is 1.24. The first kappa shape index (κ1) is 13.8. The van der Waals surface area contributed by atoms with Crippen molar-refractivity contribution in [1.29, 1.82) is 0 Å². The van der Waals surface area contributed by atoms with Crippen LogP contribution >= 0.6 is 15.9 Å². The number of hydrogen-bond donors (Lipinski definition) is 1. The smallest absolute Gasteiger partial charge is 0.408 e. The second-order valence-electron chi connectivity index (χ2n) is 3.76. The number of carbonyl (C=O) groups is 1. The highest BCUT2D eigenvalue weighted by molar-refractivity contribution is 9.10. The number of amides is 1. The van der Waals surface area contributed by atoms with E-state index in [1.54, 1.807) is 13.0 Å². The van der Waals surface area contributed by atoms with E-state index < -0.39 is 11.6 Å². The minimum Gasteiger partial charge on any atom is -0.450 e. The largest absolute Gasteiger partial charge is 0.450 e. The summed E-state index contributed by atoms with van der Waals surface area (Å²) in [4.78, 5) is 11.5. The molecule has 1 unspecified atom stereocenters. The maximum atomic E-state index is 11.5. The molecule has 17 heavy (non-hydrogen) atoms. The van der Waals surface area contributed by atoms with Gasteiger partial charge in [-0.05, 0) is 31.5 Å². The maximum absolute atomic E-state index is 11.5. The van der Waals surface area contributed by atoms with Crippen molar-refractivity contribution in [1.82, 2.24) is 5.32 Å². The van der Waals surface area contributed by atoms with Crippen molar-refractivity contribution in [3.05, 3.63) is 47.0 Å². The van der Waals surface area contributed by atoms with E-state index in [9.17, 15) is 4.79 Å². The summed E-state index contributed by atoms with van der Waals surface area (Å²) in [5.74, 6) is 0. The van der Waals surface area contributed by atoms with E-state index in [0.29, 0.717) is 6.61 Å². The molecule has 0 fully saturated rings. The fourth-order valence-electron chi connectivity index (χ4n) is 1.42. The molecule has 3 nitrogen and oxygen atoms in total. The summed E-state index contributed by atoms with van der Waals surface area (Å²) in [6, 6.07) is 7.70. The third kappa shape index (κ3) is 3.60. The van der Waals surface area contributed by atoms with Crippen LogP contribution in [0.5, 0.6) is 0 Å². The topological polar surface area (TPSA) is 38.3 Å². The van der Waals surface area contributed by atoms with Gasteiger partial charge in [-0.3, -0.25) is 0 Å². The highest BCUT2D eigenvalue weighted by Gasteiger charge is 2.25. The Balaban J connectivity index is 2.91. The fourth-order valence-corrected chi connectivity index (χ4v) is 1.68. The van der Waals surface area contributed by atoms with E-state index in [4.69, 9.17) is 4.74 Å². The molecule has 1 rings (SSSR count). The van der Waals surface area contributed by atoms with E-state index in [1.807, 2.05) is 31.2 Å². The van der Waals surface area contributed by atoms with Gasteiger partial charge in [-0.15, -0.1) is 6.58 Å². The molecule has 0 saturated heterocycles. The minimum absolute atomic E-state index is 0.347. The lowest BCUT2D eigenvalue weighted by Gasteiger charge is -2.27. The molecule has 1 N–H and O–H groups in total. The van der Waals surface area contributed by atoms with Crippen LogP contribution in [0, 0.1) is 0 Å². The molecule has 4 heteroatoms. The Labute approximate surface area is 110 Å². The molecule has 1 atom stereocenters. The van der Waals surface area contributed by atoms with E-state index in [0.717, 1.165) is 10.0 Å². The number of rotatable bonds is 4. The minimum atomic E-state index is -0.632.